The third-order valence-corrected chi connectivity index (χ3v) is 2.59. The minimum atomic E-state index is -0.479. The number of nitrogens with zero attached hydrogens (tertiary/aromatic N) is 3. The van der Waals surface area contributed by atoms with Gasteiger partial charge in [0.1, 0.15) is 11.9 Å². The van der Waals surface area contributed by atoms with E-state index in [0.717, 1.165) is 17.5 Å². The highest BCUT2D eigenvalue weighted by molar-refractivity contribution is 5.33. The Balaban J connectivity index is 2.19. The molecule has 17 heavy (non-hydrogen) atoms. The molecule has 0 saturated heterocycles. The number of hydrogen-bond donors (Lipinski definition) is 0. The van der Waals surface area contributed by atoms with Gasteiger partial charge in [0.15, 0.2) is 0 Å². The van der Waals surface area contributed by atoms with Crippen LogP contribution < -0.4 is 0 Å². The predicted molar refractivity (Wildman–Crippen MR) is 61.8 cm³/mol. The van der Waals surface area contributed by atoms with Gasteiger partial charge in [0, 0.05) is 6.20 Å². The van der Waals surface area contributed by atoms with E-state index in [1.165, 1.54) is 12.1 Å². The van der Waals surface area contributed by atoms with Gasteiger partial charge in [-0.15, -0.1) is 0 Å². The van der Waals surface area contributed by atoms with Crippen LogP contribution in [0.1, 0.15) is 23.6 Å². The van der Waals surface area contributed by atoms with Gasteiger partial charge in [0.25, 0.3) is 0 Å². The molecule has 2 aromatic rings. The Morgan fingerprint density at radius 1 is 1.41 bits per heavy atom. The Morgan fingerprint density at radius 3 is 2.82 bits per heavy atom. The highest BCUT2D eigenvalue weighted by atomic mass is 19.1. The van der Waals surface area contributed by atoms with E-state index in [1.807, 2.05) is 6.20 Å². The first-order valence-electron chi connectivity index (χ1n) is 5.42. The lowest BCUT2D eigenvalue weighted by Gasteiger charge is -2.02. The first-order chi connectivity index (χ1) is 8.22. The number of aryl methyl sites for hydroxylation is 1. The first-order valence-corrected chi connectivity index (χ1v) is 5.42. The highest BCUT2D eigenvalue weighted by Gasteiger charge is 2.04. The zero-order valence-electron chi connectivity index (χ0n) is 9.52. The summed E-state index contributed by atoms with van der Waals surface area (Å²) in [4.78, 5) is 0. The second kappa shape index (κ2) is 4.79. The molecule has 0 radical (unpaired) electrons. The van der Waals surface area contributed by atoms with Gasteiger partial charge in [-0.1, -0.05) is 13.0 Å². The van der Waals surface area contributed by atoms with Crippen molar-refractivity contribution in [3.63, 3.8) is 0 Å². The zero-order chi connectivity index (χ0) is 12.3. The van der Waals surface area contributed by atoms with Gasteiger partial charge < -0.3 is 0 Å². The molecule has 0 spiro atoms. The maximum absolute atomic E-state index is 13.4. The fourth-order valence-electron chi connectivity index (χ4n) is 1.61. The maximum atomic E-state index is 13.4. The molecule has 4 heteroatoms. The number of halogens is 1. The van der Waals surface area contributed by atoms with Crippen molar-refractivity contribution >= 4 is 0 Å². The average Bonchev–Trinajstić information content (AvgIpc) is 2.77. The summed E-state index contributed by atoms with van der Waals surface area (Å²) in [5.74, 6) is -0.479. The monoisotopic (exact) mass is 229 g/mol. The summed E-state index contributed by atoms with van der Waals surface area (Å²) in [5.41, 5.74) is 2.02. The van der Waals surface area contributed by atoms with E-state index >= 15 is 0 Å². The molecular weight excluding hydrogens is 217 g/mol. The third-order valence-electron chi connectivity index (χ3n) is 2.59. The van der Waals surface area contributed by atoms with Crippen LogP contribution in [0.2, 0.25) is 0 Å². The molecule has 0 aliphatic carbocycles. The molecule has 0 unspecified atom stereocenters. The van der Waals surface area contributed by atoms with Gasteiger partial charge in [-0.25, -0.2) is 4.39 Å². The van der Waals surface area contributed by atoms with E-state index in [2.05, 4.69) is 12.0 Å². The maximum Gasteiger partial charge on any atom is 0.141 e. The Labute approximate surface area is 99.1 Å². The topological polar surface area (TPSA) is 41.6 Å². The number of benzene rings is 1. The van der Waals surface area contributed by atoms with Crippen LogP contribution in [0, 0.1) is 17.1 Å². The lowest BCUT2D eigenvalue weighted by Crippen LogP contribution is -2.00. The van der Waals surface area contributed by atoms with Crippen molar-refractivity contribution in [1.29, 1.82) is 5.26 Å². The molecule has 0 saturated carbocycles. The molecule has 0 fully saturated rings. The summed E-state index contributed by atoms with van der Waals surface area (Å²) in [7, 11) is 0. The van der Waals surface area contributed by atoms with Gasteiger partial charge in [0.05, 0.1) is 18.3 Å². The van der Waals surface area contributed by atoms with Crippen molar-refractivity contribution in [3.05, 3.63) is 53.1 Å². The minimum absolute atomic E-state index is 0.0727. The zero-order valence-corrected chi connectivity index (χ0v) is 9.52. The summed E-state index contributed by atoms with van der Waals surface area (Å²) in [6.45, 7) is 2.57. The fourth-order valence-corrected chi connectivity index (χ4v) is 1.61. The van der Waals surface area contributed by atoms with E-state index in [-0.39, 0.29) is 5.56 Å². The summed E-state index contributed by atoms with van der Waals surface area (Å²) < 4.78 is 15.1. The molecule has 0 N–H and O–H groups in total. The molecule has 0 aliphatic heterocycles. The molecular formula is C13H12FN3. The number of rotatable bonds is 3. The van der Waals surface area contributed by atoms with Gasteiger partial charge >= 0.3 is 0 Å². The standard InChI is InChI=1S/C13H12FN3/c1-2-10-7-16-17(8-10)9-11-3-4-12(6-15)13(14)5-11/h3-5,7-8H,2,9H2,1H3. The number of aromatic nitrogens is 2. The van der Waals surface area contributed by atoms with Crippen molar-refractivity contribution < 1.29 is 4.39 Å². The Hall–Kier alpha value is -2.15. The molecule has 0 bridgehead atoms. The summed E-state index contributed by atoms with van der Waals surface area (Å²) in [6, 6.07) is 6.42. The molecule has 1 heterocycles. The average molecular weight is 229 g/mol. The predicted octanol–water partition coefficient (Wildman–Crippen LogP) is 2.50. The van der Waals surface area contributed by atoms with Crippen molar-refractivity contribution in [2.24, 2.45) is 0 Å². The van der Waals surface area contributed by atoms with Crippen LogP contribution in [0.4, 0.5) is 4.39 Å². The van der Waals surface area contributed by atoms with Crippen LogP contribution in [-0.2, 0) is 13.0 Å². The van der Waals surface area contributed by atoms with Crippen molar-refractivity contribution in [2.75, 3.05) is 0 Å². The SMILES string of the molecule is CCc1cnn(Cc2ccc(C#N)c(F)c2)c1. The second-order valence-corrected chi connectivity index (χ2v) is 3.83. The van der Waals surface area contributed by atoms with E-state index < -0.39 is 5.82 Å². The van der Waals surface area contributed by atoms with Crippen LogP contribution in [0.5, 0.6) is 0 Å². The van der Waals surface area contributed by atoms with Crippen LogP contribution in [0.25, 0.3) is 0 Å². The smallest absolute Gasteiger partial charge is 0.141 e. The molecule has 1 aromatic carbocycles. The molecule has 0 amide bonds. The molecule has 1 aromatic heterocycles. The first kappa shape index (κ1) is 11.3. The molecule has 0 atom stereocenters. The molecule has 0 aliphatic rings. The van der Waals surface area contributed by atoms with E-state index in [9.17, 15) is 4.39 Å². The molecule has 2 rings (SSSR count). The normalized spacial score (nSPS) is 10.2. The van der Waals surface area contributed by atoms with Crippen molar-refractivity contribution in [1.82, 2.24) is 9.78 Å². The van der Waals surface area contributed by atoms with Crippen LogP contribution in [0.15, 0.2) is 30.6 Å². The van der Waals surface area contributed by atoms with Crippen LogP contribution in [0.3, 0.4) is 0 Å². The van der Waals surface area contributed by atoms with Crippen LogP contribution >= 0.6 is 0 Å². The molecule has 86 valence electrons. The molecule has 3 nitrogen and oxygen atoms in total. The number of hydrogen-bond acceptors (Lipinski definition) is 2. The largest absolute Gasteiger partial charge is 0.268 e. The van der Waals surface area contributed by atoms with E-state index in [1.54, 1.807) is 23.0 Å². The van der Waals surface area contributed by atoms with Gasteiger partial charge in [-0.3, -0.25) is 4.68 Å². The Morgan fingerprint density at radius 2 is 2.24 bits per heavy atom. The summed E-state index contributed by atoms with van der Waals surface area (Å²) in [5, 5.41) is 12.8. The van der Waals surface area contributed by atoms with E-state index in [0.29, 0.717) is 6.54 Å². The van der Waals surface area contributed by atoms with E-state index in [4.69, 9.17) is 5.26 Å². The lowest BCUT2D eigenvalue weighted by molar-refractivity contribution is 0.615. The summed E-state index contributed by atoms with van der Waals surface area (Å²) in [6.07, 6.45) is 4.68. The quantitative estimate of drug-likeness (QED) is 0.811. The highest BCUT2D eigenvalue weighted by Crippen LogP contribution is 2.11. The van der Waals surface area contributed by atoms with Crippen molar-refractivity contribution in [2.45, 2.75) is 19.9 Å². The number of nitriles is 1. The third kappa shape index (κ3) is 2.51. The lowest BCUT2D eigenvalue weighted by atomic mass is 10.1. The Bertz CT molecular complexity index is 566. The minimum Gasteiger partial charge on any atom is -0.268 e. The van der Waals surface area contributed by atoms with Crippen LogP contribution in [-0.4, -0.2) is 9.78 Å². The van der Waals surface area contributed by atoms with Crippen molar-refractivity contribution in [3.8, 4) is 6.07 Å². The fraction of sp³-hybridized carbons (Fsp3) is 0.231. The Kier molecular flexibility index (Phi) is 3.20. The second-order valence-electron chi connectivity index (χ2n) is 3.83. The van der Waals surface area contributed by atoms with Gasteiger partial charge in [-0.2, -0.15) is 10.4 Å². The van der Waals surface area contributed by atoms with Gasteiger partial charge in [-0.05, 0) is 29.7 Å². The van der Waals surface area contributed by atoms with Gasteiger partial charge in [0.2, 0.25) is 0 Å². The summed E-state index contributed by atoms with van der Waals surface area (Å²) >= 11 is 0.